The summed E-state index contributed by atoms with van der Waals surface area (Å²) in [7, 11) is 0. The van der Waals surface area contributed by atoms with E-state index in [-0.39, 0.29) is 0 Å². The molecule has 1 aromatic rings. The molecule has 14 heavy (non-hydrogen) atoms. The van der Waals surface area contributed by atoms with Crippen LogP contribution < -0.4 is 11.1 Å². The first-order chi connectivity index (χ1) is 6.74. The van der Waals surface area contributed by atoms with Gasteiger partial charge in [-0.15, -0.1) is 0 Å². The number of hydrogen-bond acceptors (Lipinski definition) is 2. The van der Waals surface area contributed by atoms with Gasteiger partial charge in [0.15, 0.2) is 0 Å². The van der Waals surface area contributed by atoms with Crippen molar-refractivity contribution in [1.29, 1.82) is 0 Å². The van der Waals surface area contributed by atoms with Gasteiger partial charge in [0.1, 0.15) is 0 Å². The Labute approximate surface area is 86.5 Å². The van der Waals surface area contributed by atoms with Crippen molar-refractivity contribution >= 4 is 0 Å². The summed E-state index contributed by atoms with van der Waals surface area (Å²) in [5.74, 6) is 0.429. The lowest BCUT2D eigenvalue weighted by molar-refractivity contribution is 0.533. The molecule has 0 radical (unpaired) electrons. The van der Waals surface area contributed by atoms with Crippen LogP contribution in [0, 0.1) is 0 Å². The summed E-state index contributed by atoms with van der Waals surface area (Å²) < 4.78 is 0. The third-order valence-electron chi connectivity index (χ3n) is 2.33. The second-order valence-electron chi connectivity index (χ2n) is 3.91. The number of nitrogens with two attached hydrogens (primary N) is 1. The van der Waals surface area contributed by atoms with Crippen LogP contribution in [0.2, 0.25) is 0 Å². The predicted octanol–water partition coefficient (Wildman–Crippen LogP) is 1.73. The number of benzene rings is 1. The van der Waals surface area contributed by atoms with E-state index in [1.54, 1.807) is 0 Å². The lowest BCUT2D eigenvalue weighted by Crippen LogP contribution is -2.31. The molecule has 0 saturated carbocycles. The smallest absolute Gasteiger partial charge is 0.00864 e. The molecule has 0 aliphatic heterocycles. The van der Waals surface area contributed by atoms with Crippen LogP contribution in [0.5, 0.6) is 0 Å². The molecule has 78 valence electrons. The Morgan fingerprint density at radius 1 is 1.21 bits per heavy atom. The molecule has 3 N–H and O–H groups in total. The standard InChI is InChI=1S/C12H20N2/c1-10(2)14-9-12(8-13)11-6-4-3-5-7-11/h3-7,10,12,14H,8-9,13H2,1-2H3. The summed E-state index contributed by atoms with van der Waals surface area (Å²) in [5.41, 5.74) is 7.07. The fourth-order valence-corrected chi connectivity index (χ4v) is 1.44. The van der Waals surface area contributed by atoms with Crippen molar-refractivity contribution in [3.8, 4) is 0 Å². The summed E-state index contributed by atoms with van der Waals surface area (Å²) in [4.78, 5) is 0. The SMILES string of the molecule is CC(C)NCC(CN)c1ccccc1. The highest BCUT2D eigenvalue weighted by atomic mass is 14.9. The highest BCUT2D eigenvalue weighted by Gasteiger charge is 2.08. The van der Waals surface area contributed by atoms with Gasteiger partial charge in [0.2, 0.25) is 0 Å². The quantitative estimate of drug-likeness (QED) is 0.745. The Morgan fingerprint density at radius 2 is 1.86 bits per heavy atom. The zero-order valence-electron chi connectivity index (χ0n) is 9.03. The molecule has 0 spiro atoms. The topological polar surface area (TPSA) is 38.0 Å². The number of nitrogens with one attached hydrogen (secondary N) is 1. The van der Waals surface area contributed by atoms with Crippen LogP contribution in [0.15, 0.2) is 30.3 Å². The normalized spacial score (nSPS) is 13.1. The maximum absolute atomic E-state index is 5.75. The van der Waals surface area contributed by atoms with E-state index in [0.717, 1.165) is 6.54 Å². The van der Waals surface area contributed by atoms with Gasteiger partial charge in [-0.25, -0.2) is 0 Å². The Kier molecular flexibility index (Phi) is 4.63. The van der Waals surface area contributed by atoms with Gasteiger partial charge < -0.3 is 11.1 Å². The molecule has 0 amide bonds. The fraction of sp³-hybridized carbons (Fsp3) is 0.500. The first kappa shape index (κ1) is 11.2. The summed E-state index contributed by atoms with van der Waals surface area (Å²) in [6.07, 6.45) is 0. The minimum Gasteiger partial charge on any atom is -0.330 e. The van der Waals surface area contributed by atoms with Crippen molar-refractivity contribution in [2.45, 2.75) is 25.8 Å². The number of rotatable bonds is 5. The van der Waals surface area contributed by atoms with Crippen molar-refractivity contribution in [2.75, 3.05) is 13.1 Å². The average molecular weight is 192 g/mol. The van der Waals surface area contributed by atoms with E-state index in [0.29, 0.717) is 18.5 Å². The van der Waals surface area contributed by atoms with Crippen LogP contribution in [0.3, 0.4) is 0 Å². The van der Waals surface area contributed by atoms with E-state index in [2.05, 4.69) is 43.4 Å². The summed E-state index contributed by atoms with van der Waals surface area (Å²) >= 11 is 0. The van der Waals surface area contributed by atoms with E-state index < -0.39 is 0 Å². The first-order valence-corrected chi connectivity index (χ1v) is 5.22. The molecule has 0 aliphatic carbocycles. The molecule has 0 saturated heterocycles. The van der Waals surface area contributed by atoms with Crippen LogP contribution in [-0.2, 0) is 0 Å². The van der Waals surface area contributed by atoms with Gasteiger partial charge in [0.05, 0.1) is 0 Å². The van der Waals surface area contributed by atoms with E-state index in [1.807, 2.05) is 6.07 Å². The minimum absolute atomic E-state index is 0.429. The van der Waals surface area contributed by atoms with Crippen molar-refractivity contribution in [2.24, 2.45) is 5.73 Å². The third-order valence-corrected chi connectivity index (χ3v) is 2.33. The molecule has 0 aromatic heterocycles. The van der Waals surface area contributed by atoms with Crippen LogP contribution in [0.4, 0.5) is 0 Å². The molecule has 1 aromatic carbocycles. The molecule has 2 nitrogen and oxygen atoms in total. The molecule has 0 fully saturated rings. The van der Waals surface area contributed by atoms with E-state index >= 15 is 0 Å². The Morgan fingerprint density at radius 3 is 2.36 bits per heavy atom. The lowest BCUT2D eigenvalue weighted by Gasteiger charge is -2.17. The third kappa shape index (κ3) is 3.48. The van der Waals surface area contributed by atoms with Crippen molar-refractivity contribution < 1.29 is 0 Å². The van der Waals surface area contributed by atoms with Crippen molar-refractivity contribution in [3.63, 3.8) is 0 Å². The van der Waals surface area contributed by atoms with Crippen molar-refractivity contribution in [1.82, 2.24) is 5.32 Å². The fourth-order valence-electron chi connectivity index (χ4n) is 1.44. The van der Waals surface area contributed by atoms with Gasteiger partial charge in [-0.05, 0) is 5.56 Å². The highest BCUT2D eigenvalue weighted by Crippen LogP contribution is 2.12. The molecular weight excluding hydrogens is 172 g/mol. The van der Waals surface area contributed by atoms with Crippen LogP contribution in [0.25, 0.3) is 0 Å². The molecule has 1 rings (SSSR count). The van der Waals surface area contributed by atoms with Gasteiger partial charge in [-0.2, -0.15) is 0 Å². The molecule has 1 atom stereocenters. The highest BCUT2D eigenvalue weighted by molar-refractivity contribution is 5.20. The zero-order chi connectivity index (χ0) is 10.4. The number of hydrogen-bond donors (Lipinski definition) is 2. The summed E-state index contributed by atoms with van der Waals surface area (Å²) in [5, 5.41) is 3.41. The van der Waals surface area contributed by atoms with Gasteiger partial charge >= 0.3 is 0 Å². The largest absolute Gasteiger partial charge is 0.330 e. The van der Waals surface area contributed by atoms with Crippen LogP contribution in [-0.4, -0.2) is 19.1 Å². The molecule has 0 aliphatic rings. The van der Waals surface area contributed by atoms with Gasteiger partial charge in [-0.3, -0.25) is 0 Å². The Hall–Kier alpha value is -0.860. The molecule has 0 bridgehead atoms. The minimum atomic E-state index is 0.429. The van der Waals surface area contributed by atoms with Crippen LogP contribution in [0.1, 0.15) is 25.3 Å². The second-order valence-corrected chi connectivity index (χ2v) is 3.91. The molecule has 0 heterocycles. The van der Waals surface area contributed by atoms with Crippen molar-refractivity contribution in [3.05, 3.63) is 35.9 Å². The van der Waals surface area contributed by atoms with Crippen LogP contribution >= 0.6 is 0 Å². The summed E-state index contributed by atoms with van der Waals surface area (Å²) in [6.45, 7) is 5.96. The van der Waals surface area contributed by atoms with Gasteiger partial charge in [-0.1, -0.05) is 44.2 Å². The van der Waals surface area contributed by atoms with Gasteiger partial charge in [0, 0.05) is 25.0 Å². The van der Waals surface area contributed by atoms with Gasteiger partial charge in [0.25, 0.3) is 0 Å². The van der Waals surface area contributed by atoms with E-state index in [1.165, 1.54) is 5.56 Å². The molecule has 1 unspecified atom stereocenters. The lowest BCUT2D eigenvalue weighted by atomic mass is 9.99. The Bertz CT molecular complexity index is 244. The Balaban J connectivity index is 2.54. The second kappa shape index (κ2) is 5.78. The summed E-state index contributed by atoms with van der Waals surface area (Å²) in [6, 6.07) is 11.0. The predicted molar refractivity (Wildman–Crippen MR) is 61.4 cm³/mol. The average Bonchev–Trinajstić information content (AvgIpc) is 2.20. The molecular formula is C12H20N2. The molecule has 2 heteroatoms. The maximum atomic E-state index is 5.75. The monoisotopic (exact) mass is 192 g/mol. The zero-order valence-corrected chi connectivity index (χ0v) is 9.03. The maximum Gasteiger partial charge on any atom is 0.00864 e. The van der Waals surface area contributed by atoms with E-state index in [4.69, 9.17) is 5.73 Å². The first-order valence-electron chi connectivity index (χ1n) is 5.22. The van der Waals surface area contributed by atoms with E-state index in [9.17, 15) is 0 Å².